The number of halogens is 1. The summed E-state index contributed by atoms with van der Waals surface area (Å²) in [6, 6.07) is 12.8. The van der Waals surface area contributed by atoms with Crippen LogP contribution in [0.5, 0.6) is 0 Å². The van der Waals surface area contributed by atoms with Gasteiger partial charge in [0.2, 0.25) is 5.91 Å². The van der Waals surface area contributed by atoms with Crippen molar-refractivity contribution in [1.82, 2.24) is 5.32 Å². The molecular weight excluding hydrogens is 404 g/mol. The van der Waals surface area contributed by atoms with Crippen LogP contribution in [0.3, 0.4) is 0 Å². The minimum atomic E-state index is -3.81. The lowest BCUT2D eigenvalue weighted by Gasteiger charge is -2.14. The molecule has 0 aliphatic carbocycles. The zero-order chi connectivity index (χ0) is 20.6. The molecule has 28 heavy (non-hydrogen) atoms. The van der Waals surface area contributed by atoms with Crippen LogP contribution in [-0.2, 0) is 19.6 Å². The Labute approximate surface area is 169 Å². The van der Waals surface area contributed by atoms with Crippen LogP contribution in [-0.4, -0.2) is 45.8 Å². The van der Waals surface area contributed by atoms with Crippen LogP contribution in [0.25, 0.3) is 0 Å². The van der Waals surface area contributed by atoms with Gasteiger partial charge in [-0.25, -0.2) is 8.42 Å². The van der Waals surface area contributed by atoms with Gasteiger partial charge in [0.05, 0.1) is 30.8 Å². The van der Waals surface area contributed by atoms with Crippen LogP contribution in [0.2, 0.25) is 5.02 Å². The van der Waals surface area contributed by atoms with Gasteiger partial charge >= 0.3 is 0 Å². The average Bonchev–Trinajstić information content (AvgIpc) is 2.67. The predicted molar refractivity (Wildman–Crippen MR) is 108 cm³/mol. The SMILES string of the molecule is C[C@H](C(=O)NCCOCCO)c1ccc(NS(=O)(=O)c2ccccc2Cl)cc1. The Hall–Kier alpha value is -2.13. The molecule has 2 rings (SSSR count). The fraction of sp³-hybridized carbons (Fsp3) is 0.316. The monoisotopic (exact) mass is 426 g/mol. The number of aliphatic hydroxyl groups excluding tert-OH is 1. The number of benzene rings is 2. The van der Waals surface area contributed by atoms with Crippen molar-refractivity contribution < 1.29 is 23.1 Å². The Bertz CT molecular complexity index is 887. The van der Waals surface area contributed by atoms with Crippen molar-refractivity contribution in [2.24, 2.45) is 0 Å². The smallest absolute Gasteiger partial charge is 0.263 e. The maximum absolute atomic E-state index is 12.5. The third kappa shape index (κ3) is 6.20. The summed E-state index contributed by atoms with van der Waals surface area (Å²) in [5, 5.41) is 11.5. The van der Waals surface area contributed by atoms with Gasteiger partial charge in [-0.3, -0.25) is 9.52 Å². The Morgan fingerprint density at radius 3 is 2.46 bits per heavy atom. The number of rotatable bonds is 10. The molecular formula is C19H23ClN2O5S. The van der Waals surface area contributed by atoms with Crippen LogP contribution in [0, 0.1) is 0 Å². The molecule has 1 atom stereocenters. The summed E-state index contributed by atoms with van der Waals surface area (Å²) in [6.07, 6.45) is 0. The first-order valence-corrected chi connectivity index (χ1v) is 10.5. The molecule has 0 heterocycles. The van der Waals surface area contributed by atoms with E-state index in [0.717, 1.165) is 5.56 Å². The molecule has 0 radical (unpaired) electrons. The fourth-order valence-electron chi connectivity index (χ4n) is 2.43. The summed E-state index contributed by atoms with van der Waals surface area (Å²) in [5.74, 6) is -0.580. The molecule has 0 unspecified atom stereocenters. The molecule has 7 nitrogen and oxygen atoms in total. The summed E-state index contributed by atoms with van der Waals surface area (Å²) in [7, 11) is -3.81. The highest BCUT2D eigenvalue weighted by Crippen LogP contribution is 2.24. The topological polar surface area (TPSA) is 105 Å². The number of ether oxygens (including phenoxy) is 1. The van der Waals surface area contributed by atoms with Crippen LogP contribution < -0.4 is 10.0 Å². The Morgan fingerprint density at radius 1 is 1.14 bits per heavy atom. The van der Waals surface area contributed by atoms with Gasteiger partial charge in [-0.2, -0.15) is 0 Å². The first-order valence-electron chi connectivity index (χ1n) is 8.69. The molecule has 0 saturated carbocycles. The van der Waals surface area contributed by atoms with Crippen molar-refractivity contribution in [2.45, 2.75) is 17.7 Å². The summed E-state index contributed by atoms with van der Waals surface area (Å²) in [5.41, 5.74) is 1.11. The van der Waals surface area contributed by atoms with E-state index >= 15 is 0 Å². The van der Waals surface area contributed by atoms with Crippen molar-refractivity contribution >= 4 is 33.2 Å². The molecule has 0 saturated heterocycles. The third-order valence-corrected chi connectivity index (χ3v) is 5.84. The highest BCUT2D eigenvalue weighted by molar-refractivity contribution is 7.92. The molecule has 0 aromatic heterocycles. The molecule has 2 aromatic rings. The molecule has 9 heteroatoms. The van der Waals surface area contributed by atoms with Gasteiger partial charge in [-0.05, 0) is 36.8 Å². The van der Waals surface area contributed by atoms with E-state index in [1.165, 1.54) is 12.1 Å². The Morgan fingerprint density at radius 2 is 1.82 bits per heavy atom. The van der Waals surface area contributed by atoms with Crippen molar-refractivity contribution in [3.63, 3.8) is 0 Å². The van der Waals surface area contributed by atoms with E-state index in [1.807, 2.05) is 0 Å². The van der Waals surface area contributed by atoms with Gasteiger partial charge < -0.3 is 15.2 Å². The molecule has 0 bridgehead atoms. The number of anilines is 1. The minimum absolute atomic E-state index is 0.00286. The van der Waals surface area contributed by atoms with Crippen molar-refractivity contribution in [3.05, 3.63) is 59.1 Å². The van der Waals surface area contributed by atoms with E-state index in [2.05, 4.69) is 10.0 Å². The fourth-order valence-corrected chi connectivity index (χ4v) is 4.01. The summed E-state index contributed by atoms with van der Waals surface area (Å²) in [6.45, 7) is 2.60. The van der Waals surface area contributed by atoms with Crippen LogP contribution >= 0.6 is 11.6 Å². The van der Waals surface area contributed by atoms with E-state index in [-0.39, 0.29) is 29.0 Å². The molecule has 3 N–H and O–H groups in total. The first-order chi connectivity index (χ1) is 13.3. The molecule has 152 valence electrons. The number of hydrogen-bond donors (Lipinski definition) is 3. The molecule has 1 amide bonds. The molecule has 0 spiro atoms. The number of nitrogens with one attached hydrogen (secondary N) is 2. The van der Waals surface area contributed by atoms with Crippen molar-refractivity contribution in [2.75, 3.05) is 31.1 Å². The summed E-state index contributed by atoms with van der Waals surface area (Å²) in [4.78, 5) is 12.2. The third-order valence-electron chi connectivity index (χ3n) is 3.96. The first kappa shape index (κ1) is 22.2. The summed E-state index contributed by atoms with van der Waals surface area (Å²) >= 11 is 5.96. The van der Waals surface area contributed by atoms with Crippen LogP contribution in [0.1, 0.15) is 18.4 Å². The van der Waals surface area contributed by atoms with E-state index in [4.69, 9.17) is 21.4 Å². The Balaban J connectivity index is 1.97. The molecule has 0 aliphatic rings. The van der Waals surface area contributed by atoms with Crippen molar-refractivity contribution in [1.29, 1.82) is 0 Å². The Kier molecular flexibility index (Phi) is 8.25. The lowest BCUT2D eigenvalue weighted by Crippen LogP contribution is -2.31. The zero-order valence-corrected chi connectivity index (χ0v) is 17.0. The molecule has 2 aromatic carbocycles. The van der Waals surface area contributed by atoms with Gasteiger partial charge in [0.15, 0.2) is 0 Å². The van der Waals surface area contributed by atoms with Gasteiger partial charge in [-0.1, -0.05) is 35.9 Å². The number of carbonyl (C=O) groups is 1. The molecule has 0 aliphatic heterocycles. The van der Waals surface area contributed by atoms with E-state index in [0.29, 0.717) is 18.8 Å². The number of hydrogen-bond acceptors (Lipinski definition) is 5. The van der Waals surface area contributed by atoms with Crippen molar-refractivity contribution in [3.8, 4) is 0 Å². The van der Waals surface area contributed by atoms with E-state index in [1.54, 1.807) is 43.3 Å². The highest BCUT2D eigenvalue weighted by Gasteiger charge is 2.18. The van der Waals surface area contributed by atoms with Gasteiger partial charge in [-0.15, -0.1) is 0 Å². The second-order valence-electron chi connectivity index (χ2n) is 6.01. The standard InChI is InChI=1S/C19H23ClN2O5S/c1-14(19(24)21-10-12-27-13-11-23)15-6-8-16(9-7-15)22-28(25,26)18-5-3-2-4-17(18)20/h2-9,14,22-23H,10-13H2,1H3,(H,21,24)/t14-/m0/s1. The molecule has 0 fully saturated rings. The maximum Gasteiger partial charge on any atom is 0.263 e. The second kappa shape index (κ2) is 10.4. The number of sulfonamides is 1. The van der Waals surface area contributed by atoms with E-state index < -0.39 is 15.9 Å². The number of amides is 1. The minimum Gasteiger partial charge on any atom is -0.394 e. The van der Waals surface area contributed by atoms with Crippen LogP contribution in [0.15, 0.2) is 53.4 Å². The highest BCUT2D eigenvalue weighted by atomic mass is 35.5. The van der Waals surface area contributed by atoms with Gasteiger partial charge in [0.1, 0.15) is 4.90 Å². The second-order valence-corrected chi connectivity index (χ2v) is 8.06. The number of aliphatic hydroxyl groups is 1. The van der Waals surface area contributed by atoms with Gasteiger partial charge in [0.25, 0.3) is 10.0 Å². The van der Waals surface area contributed by atoms with Gasteiger partial charge in [0, 0.05) is 12.2 Å². The largest absolute Gasteiger partial charge is 0.394 e. The normalized spacial score (nSPS) is 12.4. The number of carbonyl (C=O) groups excluding carboxylic acids is 1. The quantitative estimate of drug-likeness (QED) is 0.506. The van der Waals surface area contributed by atoms with Crippen LogP contribution in [0.4, 0.5) is 5.69 Å². The van der Waals surface area contributed by atoms with E-state index in [9.17, 15) is 13.2 Å². The zero-order valence-electron chi connectivity index (χ0n) is 15.4. The maximum atomic E-state index is 12.5. The average molecular weight is 427 g/mol. The lowest BCUT2D eigenvalue weighted by molar-refractivity contribution is -0.122. The summed E-state index contributed by atoms with van der Waals surface area (Å²) < 4.78 is 32.5. The lowest BCUT2D eigenvalue weighted by atomic mass is 10.0. The predicted octanol–water partition coefficient (Wildman–Crippen LogP) is 2.37.